The Balaban J connectivity index is 2.57. The molecule has 1 aromatic carbocycles. The first kappa shape index (κ1) is 15.5. The van der Waals surface area contributed by atoms with Crippen molar-refractivity contribution < 1.29 is 0 Å². The third kappa shape index (κ3) is 3.23. The Bertz CT molecular complexity index is 645. The quantitative estimate of drug-likeness (QED) is 0.889. The van der Waals surface area contributed by atoms with Crippen LogP contribution in [0.5, 0.6) is 0 Å². The van der Waals surface area contributed by atoms with Crippen LogP contribution in [0.4, 0.5) is 5.82 Å². The molecule has 0 aliphatic carbocycles. The topological polar surface area (TPSA) is 37.8 Å². The summed E-state index contributed by atoms with van der Waals surface area (Å²) in [6.07, 6.45) is 0. The predicted octanol–water partition coefficient (Wildman–Crippen LogP) is 4.62. The first-order valence-corrected chi connectivity index (χ1v) is 7.64. The van der Waals surface area contributed by atoms with Gasteiger partial charge in [0, 0.05) is 23.4 Å². The number of aryl methyl sites for hydroxylation is 3. The molecule has 1 aromatic heterocycles. The van der Waals surface area contributed by atoms with Crippen LogP contribution in [0.25, 0.3) is 11.4 Å². The van der Waals surface area contributed by atoms with E-state index in [9.17, 15) is 0 Å². The summed E-state index contributed by atoms with van der Waals surface area (Å²) < 4.78 is 0. The van der Waals surface area contributed by atoms with Crippen molar-refractivity contribution in [2.75, 3.05) is 11.9 Å². The Morgan fingerprint density at radius 1 is 1.05 bits per heavy atom. The summed E-state index contributed by atoms with van der Waals surface area (Å²) in [5.41, 5.74) is 5.91. The molecule has 112 valence electrons. The standard InChI is InChI=1S/C18H25N3/c1-7-19-18-16(11(2)3)14(6)20-17(21-18)15-9-8-12(4)13(5)10-15/h8-11H,7H2,1-6H3,(H,19,20,21). The number of benzene rings is 1. The smallest absolute Gasteiger partial charge is 0.161 e. The molecule has 0 aliphatic heterocycles. The Labute approximate surface area is 127 Å². The monoisotopic (exact) mass is 283 g/mol. The maximum atomic E-state index is 4.76. The zero-order chi connectivity index (χ0) is 15.6. The van der Waals surface area contributed by atoms with Crippen LogP contribution in [0.3, 0.4) is 0 Å². The molecule has 1 heterocycles. The number of rotatable bonds is 4. The lowest BCUT2D eigenvalue weighted by Crippen LogP contribution is -2.09. The van der Waals surface area contributed by atoms with Crippen LogP contribution in [-0.2, 0) is 0 Å². The molecular formula is C18H25N3. The maximum Gasteiger partial charge on any atom is 0.161 e. The zero-order valence-corrected chi connectivity index (χ0v) is 13.9. The molecule has 2 aromatic rings. The van der Waals surface area contributed by atoms with Crippen molar-refractivity contribution >= 4 is 5.82 Å². The highest BCUT2D eigenvalue weighted by Crippen LogP contribution is 2.28. The van der Waals surface area contributed by atoms with Gasteiger partial charge in [0.05, 0.1) is 0 Å². The normalized spacial score (nSPS) is 11.0. The van der Waals surface area contributed by atoms with Gasteiger partial charge >= 0.3 is 0 Å². The number of anilines is 1. The minimum atomic E-state index is 0.410. The molecule has 3 nitrogen and oxygen atoms in total. The average molecular weight is 283 g/mol. The molecule has 0 amide bonds. The SMILES string of the molecule is CCNc1nc(-c2ccc(C)c(C)c2)nc(C)c1C(C)C. The Morgan fingerprint density at radius 3 is 2.33 bits per heavy atom. The van der Waals surface area contributed by atoms with Gasteiger partial charge in [-0.15, -0.1) is 0 Å². The van der Waals surface area contributed by atoms with Gasteiger partial charge in [0.1, 0.15) is 5.82 Å². The number of hydrogen-bond donors (Lipinski definition) is 1. The molecule has 1 N–H and O–H groups in total. The van der Waals surface area contributed by atoms with Crippen molar-refractivity contribution in [3.63, 3.8) is 0 Å². The number of nitrogens with one attached hydrogen (secondary N) is 1. The third-order valence-electron chi connectivity index (χ3n) is 3.82. The molecule has 0 aliphatic rings. The highest BCUT2D eigenvalue weighted by molar-refractivity contribution is 5.61. The van der Waals surface area contributed by atoms with E-state index in [-0.39, 0.29) is 0 Å². The second kappa shape index (κ2) is 6.25. The van der Waals surface area contributed by atoms with E-state index in [0.29, 0.717) is 5.92 Å². The van der Waals surface area contributed by atoms with Crippen LogP contribution < -0.4 is 5.32 Å². The van der Waals surface area contributed by atoms with Gasteiger partial charge in [0.2, 0.25) is 0 Å². The van der Waals surface area contributed by atoms with Crippen molar-refractivity contribution in [2.45, 2.75) is 47.5 Å². The van der Waals surface area contributed by atoms with Gasteiger partial charge in [0.25, 0.3) is 0 Å². The summed E-state index contributed by atoms with van der Waals surface area (Å²) in [4.78, 5) is 9.49. The summed E-state index contributed by atoms with van der Waals surface area (Å²) in [6.45, 7) is 13.6. The Kier molecular flexibility index (Phi) is 4.61. The van der Waals surface area contributed by atoms with Gasteiger partial charge in [-0.3, -0.25) is 0 Å². The fraction of sp³-hybridized carbons (Fsp3) is 0.444. The Morgan fingerprint density at radius 2 is 1.76 bits per heavy atom. The van der Waals surface area contributed by atoms with E-state index in [1.54, 1.807) is 0 Å². The Hall–Kier alpha value is -1.90. The highest BCUT2D eigenvalue weighted by atomic mass is 15.0. The van der Waals surface area contributed by atoms with Crippen LogP contribution in [0.1, 0.15) is 49.1 Å². The van der Waals surface area contributed by atoms with Gasteiger partial charge in [0.15, 0.2) is 5.82 Å². The summed E-state index contributed by atoms with van der Waals surface area (Å²) in [5, 5.41) is 3.38. The lowest BCUT2D eigenvalue weighted by molar-refractivity contribution is 0.831. The molecule has 0 unspecified atom stereocenters. The summed E-state index contributed by atoms with van der Waals surface area (Å²) in [7, 11) is 0. The average Bonchev–Trinajstić information content (AvgIpc) is 2.41. The fourth-order valence-corrected chi connectivity index (χ4v) is 2.58. The van der Waals surface area contributed by atoms with E-state index in [4.69, 9.17) is 9.97 Å². The van der Waals surface area contributed by atoms with Gasteiger partial charge in [-0.1, -0.05) is 26.0 Å². The molecule has 3 heteroatoms. The van der Waals surface area contributed by atoms with Gasteiger partial charge in [-0.2, -0.15) is 0 Å². The van der Waals surface area contributed by atoms with Crippen molar-refractivity contribution in [1.82, 2.24) is 9.97 Å². The minimum absolute atomic E-state index is 0.410. The second-order valence-corrected chi connectivity index (χ2v) is 5.88. The number of nitrogens with zero attached hydrogens (tertiary/aromatic N) is 2. The van der Waals surface area contributed by atoms with Crippen molar-refractivity contribution in [2.24, 2.45) is 0 Å². The van der Waals surface area contributed by atoms with Crippen molar-refractivity contribution in [1.29, 1.82) is 0 Å². The van der Waals surface area contributed by atoms with Crippen LogP contribution >= 0.6 is 0 Å². The van der Waals surface area contributed by atoms with E-state index in [1.807, 2.05) is 0 Å². The van der Waals surface area contributed by atoms with E-state index in [0.717, 1.165) is 29.4 Å². The summed E-state index contributed by atoms with van der Waals surface area (Å²) in [6, 6.07) is 6.39. The largest absolute Gasteiger partial charge is 0.370 e. The van der Waals surface area contributed by atoms with E-state index < -0.39 is 0 Å². The van der Waals surface area contributed by atoms with E-state index in [1.165, 1.54) is 16.7 Å². The van der Waals surface area contributed by atoms with Crippen LogP contribution in [0.2, 0.25) is 0 Å². The van der Waals surface area contributed by atoms with E-state index >= 15 is 0 Å². The lowest BCUT2D eigenvalue weighted by atomic mass is 10.0. The van der Waals surface area contributed by atoms with Gasteiger partial charge < -0.3 is 5.32 Å². The molecule has 0 saturated carbocycles. The molecule has 0 radical (unpaired) electrons. The summed E-state index contributed by atoms with van der Waals surface area (Å²) in [5.74, 6) is 2.18. The predicted molar refractivity (Wildman–Crippen MR) is 89.9 cm³/mol. The number of aromatic nitrogens is 2. The van der Waals surface area contributed by atoms with Crippen LogP contribution in [0.15, 0.2) is 18.2 Å². The highest BCUT2D eigenvalue weighted by Gasteiger charge is 2.15. The third-order valence-corrected chi connectivity index (χ3v) is 3.82. The molecular weight excluding hydrogens is 258 g/mol. The fourth-order valence-electron chi connectivity index (χ4n) is 2.58. The first-order valence-electron chi connectivity index (χ1n) is 7.64. The maximum absolute atomic E-state index is 4.76. The van der Waals surface area contributed by atoms with E-state index in [2.05, 4.69) is 65.1 Å². The molecule has 21 heavy (non-hydrogen) atoms. The zero-order valence-electron chi connectivity index (χ0n) is 13.9. The molecule has 0 atom stereocenters. The minimum Gasteiger partial charge on any atom is -0.370 e. The van der Waals surface area contributed by atoms with Gasteiger partial charge in [-0.05, 0) is 50.8 Å². The van der Waals surface area contributed by atoms with Crippen LogP contribution in [0, 0.1) is 20.8 Å². The van der Waals surface area contributed by atoms with Crippen molar-refractivity contribution in [3.05, 3.63) is 40.6 Å². The van der Waals surface area contributed by atoms with Crippen molar-refractivity contribution in [3.8, 4) is 11.4 Å². The number of hydrogen-bond acceptors (Lipinski definition) is 3. The first-order chi connectivity index (χ1) is 9.93. The molecule has 0 spiro atoms. The molecule has 0 fully saturated rings. The molecule has 2 rings (SSSR count). The molecule has 0 bridgehead atoms. The van der Waals surface area contributed by atoms with Gasteiger partial charge in [-0.25, -0.2) is 9.97 Å². The van der Waals surface area contributed by atoms with Crippen LogP contribution in [-0.4, -0.2) is 16.5 Å². The second-order valence-electron chi connectivity index (χ2n) is 5.88. The lowest BCUT2D eigenvalue weighted by Gasteiger charge is -2.17. The summed E-state index contributed by atoms with van der Waals surface area (Å²) >= 11 is 0. The molecule has 0 saturated heterocycles.